The summed E-state index contributed by atoms with van der Waals surface area (Å²) in [4.78, 5) is 22.5. The van der Waals surface area contributed by atoms with Gasteiger partial charge in [-0.05, 0) is 70.1 Å². The number of nitro groups is 1. The number of hydrogen-bond acceptors (Lipinski definition) is 5. The molecule has 0 saturated carbocycles. The van der Waals surface area contributed by atoms with Gasteiger partial charge < -0.3 is 4.74 Å². The molecular weight excluding hydrogens is 497 g/mol. The molecule has 0 radical (unpaired) electrons. The van der Waals surface area contributed by atoms with Crippen LogP contribution in [0, 0.1) is 13.7 Å². The van der Waals surface area contributed by atoms with Gasteiger partial charge >= 0.3 is 0 Å². The second-order valence-corrected chi connectivity index (χ2v) is 7.59. The number of carbonyl (C=O) groups is 1. The molecule has 0 aliphatic heterocycles. The summed E-state index contributed by atoms with van der Waals surface area (Å²) in [6.45, 7) is 0.478. The van der Waals surface area contributed by atoms with E-state index in [2.05, 4.69) is 33.1 Å². The molecule has 3 aromatic carbocycles. The van der Waals surface area contributed by atoms with E-state index in [9.17, 15) is 14.9 Å². The highest BCUT2D eigenvalue weighted by molar-refractivity contribution is 14.1. The van der Waals surface area contributed by atoms with E-state index in [0.29, 0.717) is 12.2 Å². The lowest BCUT2D eigenvalue weighted by Gasteiger charge is -2.06. The van der Waals surface area contributed by atoms with E-state index in [1.165, 1.54) is 15.9 Å². The smallest absolute Gasteiger partial charge is 0.273 e. The van der Waals surface area contributed by atoms with Crippen LogP contribution in [0.25, 0.3) is 0 Å². The fraction of sp³-hybridized carbons (Fsp3) is 0.0909. The van der Waals surface area contributed by atoms with Crippen molar-refractivity contribution in [1.82, 2.24) is 5.43 Å². The van der Waals surface area contributed by atoms with Crippen molar-refractivity contribution in [1.29, 1.82) is 0 Å². The summed E-state index contributed by atoms with van der Waals surface area (Å²) >= 11 is 2.26. The molecule has 1 amide bonds. The Morgan fingerprint density at radius 3 is 2.47 bits per heavy atom. The Bertz CT molecular complexity index is 1050. The van der Waals surface area contributed by atoms with Gasteiger partial charge in [0.25, 0.3) is 5.69 Å². The molecule has 3 rings (SSSR count). The zero-order valence-electron chi connectivity index (χ0n) is 15.8. The second kappa shape index (κ2) is 10.5. The summed E-state index contributed by atoms with van der Waals surface area (Å²) < 4.78 is 6.93. The van der Waals surface area contributed by atoms with Crippen molar-refractivity contribution in [3.63, 3.8) is 0 Å². The van der Waals surface area contributed by atoms with Crippen LogP contribution in [0.1, 0.15) is 16.7 Å². The first-order valence-corrected chi connectivity index (χ1v) is 10.1. The minimum atomic E-state index is -0.506. The van der Waals surface area contributed by atoms with Gasteiger partial charge in [0.15, 0.2) is 0 Å². The average molecular weight is 515 g/mol. The molecule has 7 nitrogen and oxygen atoms in total. The minimum Gasteiger partial charge on any atom is -0.489 e. The fourth-order valence-electron chi connectivity index (χ4n) is 2.63. The van der Waals surface area contributed by atoms with Crippen molar-refractivity contribution < 1.29 is 14.5 Å². The Balaban J connectivity index is 1.49. The van der Waals surface area contributed by atoms with Gasteiger partial charge in [0.05, 0.1) is 17.6 Å². The van der Waals surface area contributed by atoms with Gasteiger partial charge in [-0.15, -0.1) is 0 Å². The van der Waals surface area contributed by atoms with E-state index in [-0.39, 0.29) is 12.1 Å². The van der Waals surface area contributed by atoms with Crippen molar-refractivity contribution in [2.24, 2.45) is 5.10 Å². The van der Waals surface area contributed by atoms with Crippen molar-refractivity contribution in [3.8, 4) is 5.75 Å². The third-order valence-corrected chi connectivity index (χ3v) is 4.86. The number of hydrogen-bond donors (Lipinski definition) is 1. The lowest BCUT2D eigenvalue weighted by atomic mass is 10.1. The van der Waals surface area contributed by atoms with Gasteiger partial charge in [0.1, 0.15) is 12.4 Å². The zero-order chi connectivity index (χ0) is 21.3. The van der Waals surface area contributed by atoms with Crippen molar-refractivity contribution >= 4 is 40.4 Å². The summed E-state index contributed by atoms with van der Waals surface area (Å²) in [5.74, 6) is 0.296. The zero-order valence-corrected chi connectivity index (χ0v) is 18.0. The first-order chi connectivity index (χ1) is 14.5. The molecule has 0 saturated heterocycles. The highest BCUT2D eigenvalue weighted by atomic mass is 127. The standard InChI is InChI=1S/C22H18IN3O4/c23-19-9-5-17(6-10-19)15-30-20-11-7-16(8-12-20)14-24-25-22(27)13-18-3-1-2-4-21(18)26(28)29/h1-12,14H,13,15H2,(H,25,27)/b24-14+. The molecule has 0 heterocycles. The summed E-state index contributed by atoms with van der Waals surface area (Å²) in [6.07, 6.45) is 1.38. The summed E-state index contributed by atoms with van der Waals surface area (Å²) in [7, 11) is 0. The number of nitro benzene ring substituents is 1. The highest BCUT2D eigenvalue weighted by Gasteiger charge is 2.14. The Morgan fingerprint density at radius 2 is 1.77 bits per heavy atom. The first kappa shape index (κ1) is 21.4. The number of ether oxygens (including phenoxy) is 1. The fourth-order valence-corrected chi connectivity index (χ4v) is 2.99. The van der Waals surface area contributed by atoms with Gasteiger partial charge in [0, 0.05) is 15.2 Å². The maximum absolute atomic E-state index is 12.0. The highest BCUT2D eigenvalue weighted by Crippen LogP contribution is 2.18. The maximum Gasteiger partial charge on any atom is 0.273 e. The van der Waals surface area contributed by atoms with Gasteiger partial charge in [0.2, 0.25) is 5.91 Å². The number of nitrogens with one attached hydrogen (secondary N) is 1. The third kappa shape index (κ3) is 6.38. The Kier molecular flexibility index (Phi) is 7.50. The van der Waals surface area contributed by atoms with Crippen LogP contribution in [-0.2, 0) is 17.8 Å². The monoisotopic (exact) mass is 515 g/mol. The summed E-state index contributed by atoms with van der Waals surface area (Å²) in [5, 5.41) is 14.9. The van der Waals surface area contributed by atoms with Crippen LogP contribution in [0.4, 0.5) is 5.69 Å². The number of amides is 1. The van der Waals surface area contributed by atoms with Crippen LogP contribution < -0.4 is 10.2 Å². The molecule has 3 aromatic rings. The SMILES string of the molecule is O=C(Cc1ccccc1[N+](=O)[O-])N/N=C/c1ccc(OCc2ccc(I)cc2)cc1. The molecular formula is C22H18IN3O4. The van der Waals surface area contributed by atoms with Gasteiger partial charge in [-0.25, -0.2) is 5.43 Å². The number of hydrazone groups is 1. The van der Waals surface area contributed by atoms with E-state index in [0.717, 1.165) is 16.9 Å². The van der Waals surface area contributed by atoms with E-state index >= 15 is 0 Å². The minimum absolute atomic E-state index is 0.0857. The third-order valence-electron chi connectivity index (χ3n) is 4.14. The topological polar surface area (TPSA) is 93.8 Å². The van der Waals surface area contributed by atoms with Crippen LogP contribution in [0.3, 0.4) is 0 Å². The number of halogens is 1. The van der Waals surface area contributed by atoms with Crippen LogP contribution in [0.2, 0.25) is 0 Å². The number of rotatable bonds is 8. The Hall–Kier alpha value is -3.27. The van der Waals surface area contributed by atoms with Crippen LogP contribution >= 0.6 is 22.6 Å². The number of para-hydroxylation sites is 1. The quantitative estimate of drug-likeness (QED) is 0.207. The van der Waals surface area contributed by atoms with E-state index in [4.69, 9.17) is 4.74 Å². The Labute approximate surface area is 187 Å². The van der Waals surface area contributed by atoms with Crippen LogP contribution in [0.15, 0.2) is 77.9 Å². The molecule has 0 aliphatic rings. The first-order valence-electron chi connectivity index (χ1n) is 9.03. The molecule has 0 bridgehead atoms. The molecule has 8 heteroatoms. The molecule has 1 N–H and O–H groups in total. The molecule has 0 aromatic heterocycles. The largest absolute Gasteiger partial charge is 0.489 e. The molecule has 0 unspecified atom stereocenters. The molecule has 0 spiro atoms. The lowest BCUT2D eigenvalue weighted by Crippen LogP contribution is -2.20. The van der Waals surface area contributed by atoms with Crippen LogP contribution in [-0.4, -0.2) is 17.0 Å². The number of carbonyl (C=O) groups excluding carboxylic acids is 1. The lowest BCUT2D eigenvalue weighted by molar-refractivity contribution is -0.385. The number of nitrogens with zero attached hydrogens (tertiary/aromatic N) is 2. The van der Waals surface area contributed by atoms with E-state index in [1.807, 2.05) is 48.5 Å². The van der Waals surface area contributed by atoms with E-state index < -0.39 is 10.8 Å². The maximum atomic E-state index is 12.0. The van der Waals surface area contributed by atoms with Gasteiger partial charge in [-0.1, -0.05) is 30.3 Å². The molecule has 0 aliphatic carbocycles. The predicted octanol–water partition coefficient (Wildman–Crippen LogP) is 4.47. The molecule has 152 valence electrons. The number of benzene rings is 3. The van der Waals surface area contributed by atoms with Crippen LogP contribution in [0.5, 0.6) is 5.75 Å². The predicted molar refractivity (Wildman–Crippen MR) is 122 cm³/mol. The normalized spacial score (nSPS) is 10.7. The van der Waals surface area contributed by atoms with Crippen molar-refractivity contribution in [2.75, 3.05) is 0 Å². The Morgan fingerprint density at radius 1 is 1.07 bits per heavy atom. The van der Waals surface area contributed by atoms with Gasteiger partial charge in [-0.3, -0.25) is 14.9 Å². The average Bonchev–Trinajstić information content (AvgIpc) is 2.74. The summed E-state index contributed by atoms with van der Waals surface area (Å²) in [5.41, 5.74) is 4.51. The summed E-state index contributed by atoms with van der Waals surface area (Å²) in [6, 6.07) is 21.5. The van der Waals surface area contributed by atoms with Crippen molar-refractivity contribution in [3.05, 3.63) is 103 Å². The molecule has 0 atom stereocenters. The molecule has 30 heavy (non-hydrogen) atoms. The van der Waals surface area contributed by atoms with E-state index in [1.54, 1.807) is 18.2 Å². The van der Waals surface area contributed by atoms with Crippen molar-refractivity contribution in [2.45, 2.75) is 13.0 Å². The van der Waals surface area contributed by atoms with Gasteiger partial charge in [-0.2, -0.15) is 5.10 Å². The molecule has 0 fully saturated rings. The second-order valence-electron chi connectivity index (χ2n) is 6.34.